The molecule has 2 amide bonds. The molecule has 1 aliphatic heterocycles. The third-order valence-corrected chi connectivity index (χ3v) is 3.84. The summed E-state index contributed by atoms with van der Waals surface area (Å²) in [5.41, 5.74) is 1.23. The number of benzene rings is 1. The average molecular weight is 290 g/mol. The third-order valence-electron chi connectivity index (χ3n) is 3.84. The van der Waals surface area contributed by atoms with Gasteiger partial charge in [-0.2, -0.15) is 0 Å². The first-order valence-corrected chi connectivity index (χ1v) is 7.22. The van der Waals surface area contributed by atoms with E-state index in [0.717, 1.165) is 30.6 Å². The van der Waals surface area contributed by atoms with Crippen LogP contribution in [0.1, 0.15) is 31.4 Å². The Labute approximate surface area is 125 Å². The van der Waals surface area contributed by atoms with E-state index in [1.807, 2.05) is 24.3 Å². The largest absolute Gasteiger partial charge is 0.481 e. The van der Waals surface area contributed by atoms with Crippen LogP contribution < -0.4 is 5.32 Å². The van der Waals surface area contributed by atoms with Crippen molar-refractivity contribution < 1.29 is 14.7 Å². The summed E-state index contributed by atoms with van der Waals surface area (Å²) in [7, 11) is 0. The van der Waals surface area contributed by atoms with Crippen LogP contribution in [0.15, 0.2) is 24.3 Å². The lowest BCUT2D eigenvalue weighted by Crippen LogP contribution is -2.47. The summed E-state index contributed by atoms with van der Waals surface area (Å²) in [6.45, 7) is 5.62. The van der Waals surface area contributed by atoms with Crippen LogP contribution in [0.4, 0.5) is 4.79 Å². The number of urea groups is 1. The highest BCUT2D eigenvalue weighted by molar-refractivity contribution is 5.75. The molecule has 0 atom stereocenters. The van der Waals surface area contributed by atoms with Gasteiger partial charge >= 0.3 is 12.0 Å². The van der Waals surface area contributed by atoms with Crippen molar-refractivity contribution in [1.82, 2.24) is 10.2 Å². The molecule has 1 aliphatic rings. The maximum absolute atomic E-state index is 11.7. The fraction of sp³-hybridized carbons (Fsp3) is 0.500. The van der Waals surface area contributed by atoms with Crippen LogP contribution in [-0.4, -0.2) is 35.1 Å². The maximum Gasteiger partial charge on any atom is 0.317 e. The number of amides is 2. The first-order valence-electron chi connectivity index (χ1n) is 7.22. The Balaban J connectivity index is 1.86. The van der Waals surface area contributed by atoms with Gasteiger partial charge in [0.25, 0.3) is 0 Å². The minimum absolute atomic E-state index is 0.0164. The van der Waals surface area contributed by atoms with E-state index in [9.17, 15) is 9.59 Å². The molecule has 5 nitrogen and oxygen atoms in total. The van der Waals surface area contributed by atoms with Gasteiger partial charge < -0.3 is 15.3 Å². The fourth-order valence-electron chi connectivity index (χ4n) is 2.17. The van der Waals surface area contributed by atoms with E-state index in [-0.39, 0.29) is 6.03 Å². The fourth-order valence-corrected chi connectivity index (χ4v) is 2.17. The molecular formula is C16H22N2O3. The Morgan fingerprint density at radius 3 is 2.24 bits per heavy atom. The van der Waals surface area contributed by atoms with Gasteiger partial charge in [-0.05, 0) is 37.8 Å². The summed E-state index contributed by atoms with van der Waals surface area (Å²) in [5.74, 6) is -0.798. The third kappa shape index (κ3) is 3.97. The Kier molecular flexibility index (Phi) is 4.50. The van der Waals surface area contributed by atoms with Crippen molar-refractivity contribution in [2.24, 2.45) is 5.41 Å². The van der Waals surface area contributed by atoms with Crippen molar-refractivity contribution in [2.75, 3.05) is 13.1 Å². The first kappa shape index (κ1) is 15.4. The first-order chi connectivity index (χ1) is 9.88. The van der Waals surface area contributed by atoms with Crippen LogP contribution >= 0.6 is 0 Å². The van der Waals surface area contributed by atoms with E-state index in [2.05, 4.69) is 5.32 Å². The van der Waals surface area contributed by atoms with E-state index in [1.54, 1.807) is 18.7 Å². The molecule has 2 N–H and O–H groups in total. The van der Waals surface area contributed by atoms with Crippen molar-refractivity contribution in [3.05, 3.63) is 35.4 Å². The van der Waals surface area contributed by atoms with Gasteiger partial charge in [-0.3, -0.25) is 4.79 Å². The number of carboxylic acids is 1. The number of carbonyl (C=O) groups excluding carboxylic acids is 1. The van der Waals surface area contributed by atoms with Gasteiger partial charge in [-0.25, -0.2) is 4.79 Å². The van der Waals surface area contributed by atoms with Gasteiger partial charge in [0, 0.05) is 19.6 Å². The Morgan fingerprint density at radius 1 is 1.19 bits per heavy atom. The van der Waals surface area contributed by atoms with Crippen LogP contribution in [-0.2, 0) is 17.8 Å². The highest BCUT2D eigenvalue weighted by Crippen LogP contribution is 2.22. The zero-order valence-corrected chi connectivity index (χ0v) is 12.6. The van der Waals surface area contributed by atoms with Crippen LogP contribution in [0, 0.1) is 5.41 Å². The van der Waals surface area contributed by atoms with Crippen LogP contribution in [0.5, 0.6) is 0 Å². The molecule has 2 rings (SSSR count). The van der Waals surface area contributed by atoms with Crippen molar-refractivity contribution in [3.8, 4) is 0 Å². The van der Waals surface area contributed by atoms with Gasteiger partial charge in [-0.15, -0.1) is 0 Å². The molecule has 0 saturated carbocycles. The summed E-state index contributed by atoms with van der Waals surface area (Å²) in [6, 6.07) is 7.70. The van der Waals surface area contributed by atoms with E-state index < -0.39 is 11.4 Å². The zero-order valence-electron chi connectivity index (χ0n) is 12.6. The molecule has 1 aromatic rings. The predicted molar refractivity (Wildman–Crippen MR) is 80.0 cm³/mol. The molecule has 1 aromatic carbocycles. The molecule has 1 fully saturated rings. The minimum Gasteiger partial charge on any atom is -0.481 e. The van der Waals surface area contributed by atoms with Gasteiger partial charge in [0.05, 0.1) is 5.41 Å². The predicted octanol–water partition coefficient (Wildman–Crippen LogP) is 2.26. The number of likely N-dealkylation sites (tertiary alicyclic amines) is 1. The number of aliphatic carboxylic acids is 1. The molecular weight excluding hydrogens is 268 g/mol. The second kappa shape index (κ2) is 6.16. The molecule has 114 valence electrons. The summed E-state index contributed by atoms with van der Waals surface area (Å²) in [5, 5.41) is 12.0. The molecule has 0 radical (unpaired) electrons. The normalized spacial score (nSPS) is 14.5. The second-order valence-corrected chi connectivity index (χ2v) is 6.18. The molecule has 0 bridgehead atoms. The van der Waals surface area contributed by atoms with E-state index in [1.165, 1.54) is 0 Å². The molecule has 0 aromatic heterocycles. The van der Waals surface area contributed by atoms with Crippen LogP contribution in [0.2, 0.25) is 0 Å². The quantitative estimate of drug-likeness (QED) is 0.874. The van der Waals surface area contributed by atoms with E-state index in [4.69, 9.17) is 5.11 Å². The van der Waals surface area contributed by atoms with E-state index in [0.29, 0.717) is 13.0 Å². The number of carbonyl (C=O) groups is 2. The molecule has 0 aliphatic carbocycles. The van der Waals surface area contributed by atoms with Crippen LogP contribution in [0.25, 0.3) is 0 Å². The minimum atomic E-state index is -0.798. The van der Waals surface area contributed by atoms with Crippen molar-refractivity contribution in [3.63, 3.8) is 0 Å². The molecule has 1 saturated heterocycles. The lowest BCUT2D eigenvalue weighted by molar-refractivity contribution is -0.146. The summed E-state index contributed by atoms with van der Waals surface area (Å²) < 4.78 is 0. The van der Waals surface area contributed by atoms with E-state index >= 15 is 0 Å². The molecule has 0 spiro atoms. The molecule has 0 unspecified atom stereocenters. The molecule has 5 heteroatoms. The lowest BCUT2D eigenvalue weighted by atomic mass is 9.86. The number of hydrogen-bond acceptors (Lipinski definition) is 2. The number of hydrogen-bond donors (Lipinski definition) is 2. The molecule has 21 heavy (non-hydrogen) atoms. The summed E-state index contributed by atoms with van der Waals surface area (Å²) in [6.07, 6.45) is 1.57. The van der Waals surface area contributed by atoms with Crippen molar-refractivity contribution in [2.45, 2.75) is 33.2 Å². The lowest BCUT2D eigenvalue weighted by Gasteiger charge is -2.30. The summed E-state index contributed by atoms with van der Waals surface area (Å²) >= 11 is 0. The Bertz CT molecular complexity index is 519. The highest BCUT2D eigenvalue weighted by atomic mass is 16.4. The monoisotopic (exact) mass is 290 g/mol. The number of rotatable bonds is 5. The van der Waals surface area contributed by atoms with Crippen molar-refractivity contribution >= 4 is 12.0 Å². The average Bonchev–Trinajstić information content (AvgIpc) is 2.35. The Hall–Kier alpha value is -2.04. The van der Waals surface area contributed by atoms with Gasteiger partial charge in [0.1, 0.15) is 0 Å². The molecule has 1 heterocycles. The zero-order chi connectivity index (χ0) is 15.5. The number of carboxylic acid groups (broad SMARTS) is 1. The second-order valence-electron chi connectivity index (χ2n) is 6.18. The van der Waals surface area contributed by atoms with Gasteiger partial charge in [0.15, 0.2) is 0 Å². The summed E-state index contributed by atoms with van der Waals surface area (Å²) in [4.78, 5) is 24.6. The van der Waals surface area contributed by atoms with Crippen molar-refractivity contribution in [1.29, 1.82) is 0 Å². The highest BCUT2D eigenvalue weighted by Gasteiger charge is 2.27. The topological polar surface area (TPSA) is 69.6 Å². The number of nitrogens with zero attached hydrogens (tertiary/aromatic N) is 1. The Morgan fingerprint density at radius 2 is 1.76 bits per heavy atom. The van der Waals surface area contributed by atoms with Gasteiger partial charge in [-0.1, -0.05) is 24.3 Å². The smallest absolute Gasteiger partial charge is 0.317 e. The SMILES string of the molecule is CC(C)(Cc1ccc(CNC(=O)N2CCC2)cc1)C(=O)O. The number of nitrogens with one attached hydrogen (secondary N) is 1. The van der Waals surface area contributed by atoms with Crippen LogP contribution in [0.3, 0.4) is 0 Å². The maximum atomic E-state index is 11.7. The standard InChI is InChI=1S/C16H22N2O3/c1-16(2,14(19)20)10-12-4-6-13(7-5-12)11-17-15(21)18-8-3-9-18/h4-7H,3,8-11H2,1-2H3,(H,17,21)(H,19,20). The van der Waals surface area contributed by atoms with Gasteiger partial charge in [0.2, 0.25) is 0 Å².